The average molecular weight is 172 g/mol. The maximum atomic E-state index is 9.05. The Bertz CT molecular complexity index is 119. The first-order valence-corrected chi connectivity index (χ1v) is 4.66. The van der Waals surface area contributed by atoms with E-state index in [4.69, 9.17) is 9.94 Å². The van der Waals surface area contributed by atoms with Crippen LogP contribution < -0.4 is 5.48 Å². The number of rotatable bonds is 4. The van der Waals surface area contributed by atoms with E-state index >= 15 is 0 Å². The zero-order valence-corrected chi connectivity index (χ0v) is 7.46. The summed E-state index contributed by atoms with van der Waals surface area (Å²) in [7, 11) is 0. The van der Waals surface area contributed by atoms with Crippen LogP contribution in [0.15, 0.2) is 0 Å². The highest BCUT2D eigenvalue weighted by atomic mass is 16.6. The summed E-state index contributed by atoms with van der Waals surface area (Å²) in [5, 5.41) is 9.05. The molecule has 0 amide bonds. The lowest BCUT2D eigenvalue weighted by Gasteiger charge is -2.30. The standard InChI is InChI=1S/C9H18NO2/c1-2-12-10-9-6-4-3-5-8(9)7-11/h8-11H,1-7H2. The second-order valence-electron chi connectivity index (χ2n) is 3.30. The topological polar surface area (TPSA) is 41.5 Å². The predicted molar refractivity (Wildman–Crippen MR) is 47.3 cm³/mol. The third-order valence-corrected chi connectivity index (χ3v) is 2.48. The fraction of sp³-hybridized carbons (Fsp3) is 0.889. The maximum absolute atomic E-state index is 9.05. The second kappa shape index (κ2) is 5.51. The van der Waals surface area contributed by atoms with Crippen molar-refractivity contribution in [2.75, 3.05) is 13.2 Å². The molecule has 2 unspecified atom stereocenters. The van der Waals surface area contributed by atoms with Gasteiger partial charge in [0.25, 0.3) is 0 Å². The zero-order valence-electron chi connectivity index (χ0n) is 7.46. The Balaban J connectivity index is 2.26. The zero-order chi connectivity index (χ0) is 8.81. The molecule has 0 aromatic rings. The molecule has 0 spiro atoms. The van der Waals surface area contributed by atoms with Crippen molar-refractivity contribution in [2.24, 2.45) is 5.92 Å². The van der Waals surface area contributed by atoms with E-state index in [9.17, 15) is 0 Å². The lowest BCUT2D eigenvalue weighted by atomic mass is 9.86. The molecule has 1 aliphatic rings. The summed E-state index contributed by atoms with van der Waals surface area (Å²) >= 11 is 0. The fourth-order valence-electron chi connectivity index (χ4n) is 1.75. The molecule has 2 N–H and O–H groups in total. The van der Waals surface area contributed by atoms with E-state index in [-0.39, 0.29) is 6.61 Å². The molecule has 3 nitrogen and oxygen atoms in total. The van der Waals surface area contributed by atoms with Gasteiger partial charge in [0.1, 0.15) is 0 Å². The third-order valence-electron chi connectivity index (χ3n) is 2.48. The van der Waals surface area contributed by atoms with Crippen LogP contribution in [0.4, 0.5) is 0 Å². The number of nitrogens with one attached hydrogen (secondary N) is 1. The van der Waals surface area contributed by atoms with Gasteiger partial charge in [-0.15, -0.1) is 0 Å². The van der Waals surface area contributed by atoms with Gasteiger partial charge in [-0.3, -0.25) is 0 Å². The first-order valence-electron chi connectivity index (χ1n) is 4.66. The highest BCUT2D eigenvalue weighted by Gasteiger charge is 2.23. The quantitative estimate of drug-likeness (QED) is 0.619. The minimum atomic E-state index is 0.262. The molecule has 12 heavy (non-hydrogen) atoms. The molecule has 0 aromatic heterocycles. The summed E-state index contributed by atoms with van der Waals surface area (Å²) in [5.74, 6) is 0.366. The molecule has 0 bridgehead atoms. The van der Waals surface area contributed by atoms with Crippen molar-refractivity contribution in [3.63, 3.8) is 0 Å². The SMILES string of the molecule is [CH2]CONC1CCCCC1CO. The smallest absolute Gasteiger partial charge is 0.0683 e. The van der Waals surface area contributed by atoms with Crippen LogP contribution in [0.3, 0.4) is 0 Å². The Morgan fingerprint density at radius 2 is 2.17 bits per heavy atom. The van der Waals surface area contributed by atoms with Gasteiger partial charge in [-0.2, -0.15) is 5.48 Å². The van der Waals surface area contributed by atoms with Crippen LogP contribution in [0.25, 0.3) is 0 Å². The molecule has 0 aromatic carbocycles. The second-order valence-corrected chi connectivity index (χ2v) is 3.30. The summed E-state index contributed by atoms with van der Waals surface area (Å²) in [5.41, 5.74) is 2.95. The number of hydrogen-bond acceptors (Lipinski definition) is 3. The average Bonchev–Trinajstić information content (AvgIpc) is 2.15. The van der Waals surface area contributed by atoms with Crippen molar-refractivity contribution in [3.8, 4) is 0 Å². The molecule has 0 aliphatic heterocycles. The highest BCUT2D eigenvalue weighted by molar-refractivity contribution is 4.77. The number of hydroxylamine groups is 1. The largest absolute Gasteiger partial charge is 0.396 e. The number of aliphatic hydroxyl groups is 1. The van der Waals surface area contributed by atoms with Gasteiger partial charge in [-0.1, -0.05) is 12.8 Å². The van der Waals surface area contributed by atoms with E-state index in [0.29, 0.717) is 18.6 Å². The number of hydrogen-bond donors (Lipinski definition) is 2. The van der Waals surface area contributed by atoms with Crippen molar-refractivity contribution < 1.29 is 9.94 Å². The molecule has 1 saturated carbocycles. The highest BCUT2D eigenvalue weighted by Crippen LogP contribution is 2.23. The van der Waals surface area contributed by atoms with Gasteiger partial charge in [0.15, 0.2) is 0 Å². The Morgan fingerprint density at radius 1 is 1.42 bits per heavy atom. The van der Waals surface area contributed by atoms with Gasteiger partial charge < -0.3 is 9.94 Å². The van der Waals surface area contributed by atoms with Crippen molar-refractivity contribution in [3.05, 3.63) is 6.92 Å². The Morgan fingerprint density at radius 3 is 2.83 bits per heavy atom. The van der Waals surface area contributed by atoms with Crippen LogP contribution in [0.1, 0.15) is 25.7 Å². The van der Waals surface area contributed by atoms with Crippen molar-refractivity contribution >= 4 is 0 Å². The van der Waals surface area contributed by atoms with Gasteiger partial charge >= 0.3 is 0 Å². The van der Waals surface area contributed by atoms with Gasteiger partial charge in [-0.05, 0) is 25.7 Å². The molecule has 1 aliphatic carbocycles. The fourth-order valence-corrected chi connectivity index (χ4v) is 1.75. The Kier molecular flexibility index (Phi) is 4.58. The van der Waals surface area contributed by atoms with Crippen LogP contribution in [0, 0.1) is 12.8 Å². The molecule has 3 heteroatoms. The van der Waals surface area contributed by atoms with Gasteiger partial charge in [-0.25, -0.2) is 0 Å². The molecule has 1 rings (SSSR count). The maximum Gasteiger partial charge on any atom is 0.0683 e. The van der Waals surface area contributed by atoms with E-state index in [2.05, 4.69) is 12.4 Å². The van der Waals surface area contributed by atoms with Crippen LogP contribution >= 0.6 is 0 Å². The summed E-state index contributed by atoms with van der Waals surface area (Å²) < 4.78 is 0. The molecule has 1 radical (unpaired) electrons. The summed E-state index contributed by atoms with van der Waals surface area (Å²) in [6.45, 7) is 4.27. The van der Waals surface area contributed by atoms with Gasteiger partial charge in [0.2, 0.25) is 0 Å². The first kappa shape index (κ1) is 9.96. The Hall–Kier alpha value is -0.120. The van der Waals surface area contributed by atoms with Crippen molar-refractivity contribution in [1.82, 2.24) is 5.48 Å². The van der Waals surface area contributed by atoms with E-state index in [1.807, 2.05) is 0 Å². The minimum Gasteiger partial charge on any atom is -0.396 e. The van der Waals surface area contributed by atoms with Gasteiger partial charge in [0, 0.05) is 12.6 Å². The first-order chi connectivity index (χ1) is 5.88. The third kappa shape index (κ3) is 2.73. The Labute approximate surface area is 74.1 Å². The molecule has 0 saturated heterocycles. The summed E-state index contributed by atoms with van der Waals surface area (Å²) in [6.07, 6.45) is 4.67. The van der Waals surface area contributed by atoms with Gasteiger partial charge in [0.05, 0.1) is 6.61 Å². The van der Waals surface area contributed by atoms with E-state index in [0.717, 1.165) is 12.8 Å². The number of aliphatic hydroxyl groups excluding tert-OH is 1. The van der Waals surface area contributed by atoms with E-state index < -0.39 is 0 Å². The molecule has 1 fully saturated rings. The summed E-state index contributed by atoms with van der Waals surface area (Å²) in [4.78, 5) is 5.03. The molecule has 2 atom stereocenters. The van der Waals surface area contributed by atoms with Crippen molar-refractivity contribution in [2.45, 2.75) is 31.7 Å². The molecule has 0 heterocycles. The van der Waals surface area contributed by atoms with Crippen LogP contribution in [0.5, 0.6) is 0 Å². The van der Waals surface area contributed by atoms with Crippen LogP contribution in [0.2, 0.25) is 0 Å². The lowest BCUT2D eigenvalue weighted by Crippen LogP contribution is -2.40. The predicted octanol–water partition coefficient (Wildman–Crippen LogP) is 0.893. The normalized spacial score (nSPS) is 30.5. The lowest BCUT2D eigenvalue weighted by molar-refractivity contribution is -0.00508. The van der Waals surface area contributed by atoms with Crippen LogP contribution in [-0.2, 0) is 4.84 Å². The molecular formula is C9H18NO2. The van der Waals surface area contributed by atoms with Crippen LogP contribution in [-0.4, -0.2) is 24.4 Å². The monoisotopic (exact) mass is 172 g/mol. The minimum absolute atomic E-state index is 0.262. The van der Waals surface area contributed by atoms with E-state index in [1.165, 1.54) is 12.8 Å². The van der Waals surface area contributed by atoms with Crippen molar-refractivity contribution in [1.29, 1.82) is 0 Å². The summed E-state index contributed by atoms with van der Waals surface area (Å²) in [6, 6.07) is 0.325. The molecule has 71 valence electrons. The molecular weight excluding hydrogens is 154 g/mol. The van der Waals surface area contributed by atoms with E-state index in [1.54, 1.807) is 0 Å².